The van der Waals surface area contributed by atoms with Crippen LogP contribution in [-0.2, 0) is 6.42 Å². The highest BCUT2D eigenvalue weighted by Crippen LogP contribution is 2.24. The van der Waals surface area contributed by atoms with Gasteiger partial charge >= 0.3 is 0 Å². The Bertz CT molecular complexity index is 777. The minimum absolute atomic E-state index is 0.0526. The number of carbonyl (C=O) groups is 1. The van der Waals surface area contributed by atoms with Crippen LogP contribution >= 0.6 is 12.2 Å². The lowest BCUT2D eigenvalue weighted by Crippen LogP contribution is -2.38. The van der Waals surface area contributed by atoms with Crippen molar-refractivity contribution in [1.82, 2.24) is 9.88 Å². The molecule has 1 saturated heterocycles. The van der Waals surface area contributed by atoms with Crippen LogP contribution < -0.4 is 4.74 Å². The number of H-pyrrole nitrogens is 1. The molecule has 5 heteroatoms. The molecular formula is C21H26N2O2S. The maximum Gasteiger partial charge on any atom is 0.256 e. The summed E-state index contributed by atoms with van der Waals surface area (Å²) in [5, 5.41) is 0. The third-order valence-electron chi connectivity index (χ3n) is 5.03. The third kappa shape index (κ3) is 4.73. The lowest BCUT2D eigenvalue weighted by atomic mass is 9.90. The molecule has 0 saturated carbocycles. The van der Waals surface area contributed by atoms with Crippen LogP contribution in [0.4, 0.5) is 0 Å². The SMILES string of the molecule is CCOc1ccc(CCC2CCN(C(=O)c3ccc[nH]c3=S)CC2)cc1. The normalized spacial score (nSPS) is 15.0. The summed E-state index contributed by atoms with van der Waals surface area (Å²) in [5.74, 6) is 1.66. The molecule has 0 unspecified atom stereocenters. The van der Waals surface area contributed by atoms with Crippen LogP contribution in [0.2, 0.25) is 0 Å². The molecule has 1 N–H and O–H groups in total. The smallest absolute Gasteiger partial charge is 0.256 e. The lowest BCUT2D eigenvalue weighted by molar-refractivity contribution is 0.0686. The zero-order chi connectivity index (χ0) is 18.4. The molecule has 0 atom stereocenters. The topological polar surface area (TPSA) is 45.3 Å². The fraction of sp³-hybridized carbons (Fsp3) is 0.429. The molecule has 2 aromatic rings. The van der Waals surface area contributed by atoms with E-state index < -0.39 is 0 Å². The molecule has 3 rings (SSSR count). The number of ether oxygens (including phenoxy) is 1. The van der Waals surface area contributed by atoms with E-state index in [1.54, 1.807) is 12.3 Å². The van der Waals surface area contributed by atoms with Gasteiger partial charge in [-0.3, -0.25) is 4.79 Å². The van der Waals surface area contributed by atoms with E-state index in [9.17, 15) is 4.79 Å². The van der Waals surface area contributed by atoms with Crippen LogP contribution in [0.15, 0.2) is 42.6 Å². The van der Waals surface area contributed by atoms with Crippen molar-refractivity contribution in [2.75, 3.05) is 19.7 Å². The first-order valence-corrected chi connectivity index (χ1v) is 9.77. The number of likely N-dealkylation sites (tertiary alicyclic amines) is 1. The highest BCUT2D eigenvalue weighted by Gasteiger charge is 2.24. The quantitative estimate of drug-likeness (QED) is 0.754. The highest BCUT2D eigenvalue weighted by atomic mass is 32.1. The van der Waals surface area contributed by atoms with Crippen molar-refractivity contribution in [2.45, 2.75) is 32.6 Å². The van der Waals surface area contributed by atoms with Crippen molar-refractivity contribution in [3.63, 3.8) is 0 Å². The maximum absolute atomic E-state index is 12.6. The van der Waals surface area contributed by atoms with Crippen LogP contribution in [0, 0.1) is 10.6 Å². The molecule has 0 aliphatic carbocycles. The number of hydrogen-bond acceptors (Lipinski definition) is 3. The summed E-state index contributed by atoms with van der Waals surface area (Å²) in [6.45, 7) is 4.33. The van der Waals surface area contributed by atoms with Crippen LogP contribution in [-0.4, -0.2) is 35.5 Å². The van der Waals surface area contributed by atoms with Gasteiger partial charge in [-0.15, -0.1) is 0 Å². The van der Waals surface area contributed by atoms with E-state index >= 15 is 0 Å². The largest absolute Gasteiger partial charge is 0.494 e. The first kappa shape index (κ1) is 18.6. The van der Waals surface area contributed by atoms with E-state index in [2.05, 4.69) is 17.1 Å². The average molecular weight is 371 g/mol. The summed E-state index contributed by atoms with van der Waals surface area (Å²) < 4.78 is 6.01. The molecule has 0 spiro atoms. The van der Waals surface area contributed by atoms with Gasteiger partial charge in [0.25, 0.3) is 5.91 Å². The third-order valence-corrected chi connectivity index (χ3v) is 5.36. The zero-order valence-corrected chi connectivity index (χ0v) is 16.1. The van der Waals surface area contributed by atoms with E-state index in [0.29, 0.717) is 22.7 Å². The van der Waals surface area contributed by atoms with Crippen molar-refractivity contribution in [2.24, 2.45) is 5.92 Å². The molecule has 4 nitrogen and oxygen atoms in total. The number of aromatic amines is 1. The van der Waals surface area contributed by atoms with Gasteiger partial charge in [0.2, 0.25) is 0 Å². The van der Waals surface area contributed by atoms with Gasteiger partial charge in [0.05, 0.1) is 12.2 Å². The second kappa shape index (κ2) is 8.99. The van der Waals surface area contributed by atoms with Gasteiger partial charge in [-0.05, 0) is 68.4 Å². The molecule has 1 fully saturated rings. The van der Waals surface area contributed by atoms with Crippen molar-refractivity contribution < 1.29 is 9.53 Å². The number of benzene rings is 1. The molecule has 1 aliphatic rings. The van der Waals surface area contributed by atoms with Gasteiger partial charge in [-0.25, -0.2) is 0 Å². The fourth-order valence-corrected chi connectivity index (χ4v) is 3.70. The summed E-state index contributed by atoms with van der Waals surface area (Å²) in [7, 11) is 0. The predicted molar refractivity (Wildman–Crippen MR) is 106 cm³/mol. The number of aryl methyl sites for hydroxylation is 1. The summed E-state index contributed by atoms with van der Waals surface area (Å²) in [5.41, 5.74) is 1.96. The number of nitrogens with zero attached hydrogens (tertiary/aromatic N) is 1. The van der Waals surface area contributed by atoms with Crippen LogP contribution in [0.3, 0.4) is 0 Å². The minimum atomic E-state index is 0.0526. The number of amides is 1. The van der Waals surface area contributed by atoms with Gasteiger partial charge in [0.15, 0.2) is 0 Å². The highest BCUT2D eigenvalue weighted by molar-refractivity contribution is 7.71. The van der Waals surface area contributed by atoms with E-state index in [-0.39, 0.29) is 5.91 Å². The van der Waals surface area contributed by atoms with Gasteiger partial charge in [0, 0.05) is 19.3 Å². The van der Waals surface area contributed by atoms with Gasteiger partial charge in [-0.1, -0.05) is 24.4 Å². The van der Waals surface area contributed by atoms with E-state index in [1.165, 1.54) is 12.0 Å². The fourth-order valence-electron chi connectivity index (χ4n) is 3.47. The van der Waals surface area contributed by atoms with E-state index in [1.807, 2.05) is 30.0 Å². The monoisotopic (exact) mass is 370 g/mol. The van der Waals surface area contributed by atoms with Crippen LogP contribution in [0.1, 0.15) is 42.1 Å². The molecule has 1 amide bonds. The summed E-state index contributed by atoms with van der Waals surface area (Å²) in [6, 6.07) is 12.0. The molecule has 1 aliphatic heterocycles. The Morgan fingerprint density at radius 1 is 1.23 bits per heavy atom. The summed E-state index contributed by atoms with van der Waals surface area (Å²) in [4.78, 5) is 17.5. The Hall–Kier alpha value is -2.14. The van der Waals surface area contributed by atoms with Crippen molar-refractivity contribution >= 4 is 18.1 Å². The molecule has 138 valence electrons. The van der Waals surface area contributed by atoms with Gasteiger partial charge in [0.1, 0.15) is 10.4 Å². The minimum Gasteiger partial charge on any atom is -0.494 e. The molecule has 0 radical (unpaired) electrons. The Labute approximate surface area is 160 Å². The van der Waals surface area contributed by atoms with Gasteiger partial charge < -0.3 is 14.6 Å². The van der Waals surface area contributed by atoms with Crippen LogP contribution in [0.25, 0.3) is 0 Å². The predicted octanol–water partition coefficient (Wildman–Crippen LogP) is 4.63. The Morgan fingerprint density at radius 2 is 1.96 bits per heavy atom. The molecule has 1 aromatic carbocycles. The van der Waals surface area contributed by atoms with Crippen molar-refractivity contribution in [3.05, 3.63) is 58.4 Å². The molecule has 26 heavy (non-hydrogen) atoms. The Morgan fingerprint density at radius 3 is 2.62 bits per heavy atom. The molecule has 0 bridgehead atoms. The molecule has 2 heterocycles. The van der Waals surface area contributed by atoms with Gasteiger partial charge in [-0.2, -0.15) is 0 Å². The maximum atomic E-state index is 12.6. The first-order chi connectivity index (χ1) is 12.7. The van der Waals surface area contributed by atoms with Crippen LogP contribution in [0.5, 0.6) is 5.75 Å². The Balaban J connectivity index is 1.47. The second-order valence-corrected chi connectivity index (χ2v) is 7.17. The number of nitrogens with one attached hydrogen (secondary N) is 1. The number of pyridine rings is 1. The van der Waals surface area contributed by atoms with Crippen molar-refractivity contribution in [1.29, 1.82) is 0 Å². The van der Waals surface area contributed by atoms with E-state index in [0.717, 1.165) is 38.1 Å². The summed E-state index contributed by atoms with van der Waals surface area (Å²) >= 11 is 5.23. The average Bonchev–Trinajstić information content (AvgIpc) is 2.68. The summed E-state index contributed by atoms with van der Waals surface area (Å²) in [6.07, 6.45) is 6.13. The number of aromatic nitrogens is 1. The number of rotatable bonds is 6. The Kier molecular flexibility index (Phi) is 6.45. The standard InChI is InChI=1S/C21H26N2O2S/c1-2-25-18-9-7-16(8-10-18)5-6-17-11-14-23(15-12-17)21(24)19-4-3-13-22-20(19)26/h3-4,7-10,13,17H,2,5-6,11-12,14-15H2,1H3,(H,22,26). The van der Waals surface area contributed by atoms with Crippen molar-refractivity contribution in [3.8, 4) is 5.75 Å². The number of carbonyl (C=O) groups excluding carboxylic acids is 1. The first-order valence-electron chi connectivity index (χ1n) is 9.36. The molecule has 1 aromatic heterocycles. The number of piperidine rings is 1. The number of hydrogen-bond donors (Lipinski definition) is 1. The molecular weight excluding hydrogens is 344 g/mol. The zero-order valence-electron chi connectivity index (χ0n) is 15.2. The second-order valence-electron chi connectivity index (χ2n) is 6.76. The van der Waals surface area contributed by atoms with E-state index in [4.69, 9.17) is 17.0 Å². The lowest BCUT2D eigenvalue weighted by Gasteiger charge is -2.32.